The van der Waals surface area contributed by atoms with Crippen LogP contribution in [-0.2, 0) is 25.7 Å². The van der Waals surface area contributed by atoms with Crippen LogP contribution in [0.1, 0.15) is 44.5 Å². The Kier molecular flexibility index (Phi) is 3.96. The molecule has 4 aromatic rings. The summed E-state index contributed by atoms with van der Waals surface area (Å²) < 4.78 is 0. The first-order valence-electron chi connectivity index (χ1n) is 11.1. The molecule has 0 nitrogen and oxygen atoms in total. The van der Waals surface area contributed by atoms with E-state index in [4.69, 9.17) is 0 Å². The smallest absolute Gasteiger partial charge is 0.00107 e. The summed E-state index contributed by atoms with van der Waals surface area (Å²) in [5, 5.41) is 0. The Morgan fingerprint density at radius 2 is 0.933 bits per heavy atom. The lowest BCUT2D eigenvalue weighted by atomic mass is 9.91. The van der Waals surface area contributed by atoms with Crippen molar-refractivity contribution in [3.8, 4) is 22.3 Å². The lowest BCUT2D eigenvalue weighted by molar-refractivity contribution is 0.930. The van der Waals surface area contributed by atoms with E-state index in [0.717, 1.165) is 25.7 Å². The van der Waals surface area contributed by atoms with Crippen LogP contribution in [0.15, 0.2) is 72.8 Å². The Labute approximate surface area is 179 Å². The van der Waals surface area contributed by atoms with Gasteiger partial charge in [0, 0.05) is 0 Å². The van der Waals surface area contributed by atoms with E-state index in [2.05, 4.69) is 86.6 Å². The van der Waals surface area contributed by atoms with Gasteiger partial charge in [-0.15, -0.1) is 0 Å². The fourth-order valence-corrected chi connectivity index (χ4v) is 5.64. The number of hydrogen-bond donors (Lipinski definition) is 0. The van der Waals surface area contributed by atoms with E-state index in [1.54, 1.807) is 0 Å². The first kappa shape index (κ1) is 17.7. The van der Waals surface area contributed by atoms with Crippen LogP contribution >= 0.6 is 0 Å². The molecule has 30 heavy (non-hydrogen) atoms. The van der Waals surface area contributed by atoms with Crippen LogP contribution in [-0.4, -0.2) is 0 Å². The Bertz CT molecular complexity index is 1200. The zero-order valence-corrected chi connectivity index (χ0v) is 17.8. The lowest BCUT2D eigenvalue weighted by Gasteiger charge is -2.14. The maximum Gasteiger partial charge on any atom is -0.00107 e. The van der Waals surface area contributed by atoms with Gasteiger partial charge in [-0.05, 0) is 106 Å². The van der Waals surface area contributed by atoms with Gasteiger partial charge in [0.2, 0.25) is 0 Å². The maximum absolute atomic E-state index is 2.37. The highest BCUT2D eigenvalue weighted by atomic mass is 14.3. The lowest BCUT2D eigenvalue weighted by Crippen LogP contribution is -2.01. The Morgan fingerprint density at radius 3 is 1.40 bits per heavy atom. The van der Waals surface area contributed by atoms with Gasteiger partial charge in [0.1, 0.15) is 0 Å². The van der Waals surface area contributed by atoms with Crippen LogP contribution in [0.5, 0.6) is 0 Å². The van der Waals surface area contributed by atoms with Crippen molar-refractivity contribution in [2.24, 2.45) is 0 Å². The number of benzene rings is 4. The summed E-state index contributed by atoms with van der Waals surface area (Å²) in [6, 6.07) is 27.2. The van der Waals surface area contributed by atoms with Gasteiger partial charge in [0.05, 0.1) is 0 Å². The van der Waals surface area contributed by atoms with Crippen LogP contribution in [0.4, 0.5) is 0 Å². The molecule has 0 heterocycles. The molecule has 0 unspecified atom stereocenters. The van der Waals surface area contributed by atoms with Gasteiger partial charge in [-0.25, -0.2) is 0 Å². The third-order valence-corrected chi connectivity index (χ3v) is 7.43. The highest BCUT2D eigenvalue weighted by Gasteiger charge is 2.22. The fourth-order valence-electron chi connectivity index (χ4n) is 5.64. The second kappa shape index (κ2) is 6.71. The van der Waals surface area contributed by atoms with Crippen molar-refractivity contribution in [3.63, 3.8) is 0 Å². The summed E-state index contributed by atoms with van der Waals surface area (Å²) >= 11 is 0. The monoisotopic (exact) mass is 386 g/mol. The van der Waals surface area contributed by atoms with Gasteiger partial charge in [-0.3, -0.25) is 0 Å². The van der Waals surface area contributed by atoms with Crippen molar-refractivity contribution in [2.75, 3.05) is 0 Å². The molecule has 4 aromatic carbocycles. The van der Waals surface area contributed by atoms with Gasteiger partial charge in [-0.2, -0.15) is 0 Å². The molecule has 6 rings (SSSR count). The van der Waals surface area contributed by atoms with Crippen LogP contribution in [0.2, 0.25) is 0 Å². The fraction of sp³-hybridized carbons (Fsp3) is 0.200. The quantitative estimate of drug-likeness (QED) is 0.301. The molecule has 0 aromatic heterocycles. The van der Waals surface area contributed by atoms with E-state index in [1.807, 2.05) is 0 Å². The van der Waals surface area contributed by atoms with Crippen molar-refractivity contribution < 1.29 is 0 Å². The predicted molar refractivity (Wildman–Crippen MR) is 126 cm³/mol. The second-order valence-corrected chi connectivity index (χ2v) is 8.92. The Morgan fingerprint density at radius 1 is 0.500 bits per heavy atom. The van der Waals surface area contributed by atoms with Gasteiger partial charge in [0.15, 0.2) is 0 Å². The normalized spacial score (nSPS) is 13.0. The summed E-state index contributed by atoms with van der Waals surface area (Å²) in [4.78, 5) is 0. The molecule has 0 atom stereocenters. The molecule has 0 radical (unpaired) electrons. The minimum atomic E-state index is 1.08. The molecule has 0 heteroatoms. The van der Waals surface area contributed by atoms with Crippen LogP contribution < -0.4 is 0 Å². The molecule has 0 aliphatic heterocycles. The van der Waals surface area contributed by atoms with Crippen LogP contribution in [0.25, 0.3) is 22.3 Å². The average molecular weight is 387 g/mol. The summed E-state index contributed by atoms with van der Waals surface area (Å²) in [6.07, 6.45) is 4.40. The standard InChI is InChI=1S/C30H26/c1-19-21(13-15-27-25-9-5-3-7-23(25)17-29(19)27)11-12-22-14-16-28-26-10-6-4-8-24(26)18-30(28)20(22)2/h3-10,13-16H,11-12,17-18H2,1-2H3. The molecule has 0 N–H and O–H groups in total. The molecule has 2 aliphatic carbocycles. The third-order valence-electron chi connectivity index (χ3n) is 7.43. The van der Waals surface area contributed by atoms with Crippen LogP contribution in [0, 0.1) is 13.8 Å². The third kappa shape index (κ3) is 2.60. The minimum Gasteiger partial charge on any atom is -0.0619 e. The Hall–Kier alpha value is -3.12. The van der Waals surface area contributed by atoms with E-state index in [1.165, 1.54) is 66.8 Å². The number of hydrogen-bond acceptors (Lipinski definition) is 0. The SMILES string of the molecule is Cc1c(CCc2ccc3c(c2C)Cc2ccccc2-3)ccc2c1Cc1ccccc1-2. The summed E-state index contributed by atoms with van der Waals surface area (Å²) in [6.45, 7) is 4.65. The Balaban J connectivity index is 1.28. The number of fused-ring (bicyclic) bond motifs is 6. The molecule has 0 fully saturated rings. The zero-order chi connectivity index (χ0) is 20.2. The topological polar surface area (TPSA) is 0 Å². The van der Waals surface area contributed by atoms with Crippen LogP contribution in [0.3, 0.4) is 0 Å². The van der Waals surface area contributed by atoms with E-state index in [9.17, 15) is 0 Å². The van der Waals surface area contributed by atoms with E-state index < -0.39 is 0 Å². The maximum atomic E-state index is 2.37. The minimum absolute atomic E-state index is 1.08. The highest BCUT2D eigenvalue weighted by Crippen LogP contribution is 2.41. The van der Waals surface area contributed by atoms with Gasteiger partial charge in [0.25, 0.3) is 0 Å². The molecule has 2 aliphatic rings. The molecular weight excluding hydrogens is 360 g/mol. The molecule has 0 spiro atoms. The summed E-state index contributed by atoms with van der Waals surface area (Å²) in [5.41, 5.74) is 17.8. The predicted octanol–water partition coefficient (Wildman–Crippen LogP) is 7.23. The van der Waals surface area contributed by atoms with Gasteiger partial charge >= 0.3 is 0 Å². The molecule has 0 amide bonds. The molecule has 0 saturated heterocycles. The first-order valence-corrected chi connectivity index (χ1v) is 11.1. The zero-order valence-electron chi connectivity index (χ0n) is 17.8. The van der Waals surface area contributed by atoms with Crippen molar-refractivity contribution in [3.05, 3.63) is 117 Å². The molecular formula is C30H26. The summed E-state index contributed by atoms with van der Waals surface area (Å²) in [5.74, 6) is 0. The van der Waals surface area contributed by atoms with Crippen molar-refractivity contribution in [2.45, 2.75) is 39.5 Å². The van der Waals surface area contributed by atoms with E-state index in [-0.39, 0.29) is 0 Å². The summed E-state index contributed by atoms with van der Waals surface area (Å²) in [7, 11) is 0. The molecule has 0 bridgehead atoms. The van der Waals surface area contributed by atoms with E-state index >= 15 is 0 Å². The van der Waals surface area contributed by atoms with E-state index in [0.29, 0.717) is 0 Å². The molecule has 0 saturated carbocycles. The van der Waals surface area contributed by atoms with Crippen molar-refractivity contribution in [1.29, 1.82) is 0 Å². The highest BCUT2D eigenvalue weighted by molar-refractivity contribution is 5.79. The van der Waals surface area contributed by atoms with Gasteiger partial charge < -0.3 is 0 Å². The first-order chi connectivity index (χ1) is 14.7. The number of aryl methyl sites for hydroxylation is 2. The second-order valence-electron chi connectivity index (χ2n) is 8.92. The average Bonchev–Trinajstić information content (AvgIpc) is 3.34. The van der Waals surface area contributed by atoms with Crippen molar-refractivity contribution in [1.82, 2.24) is 0 Å². The largest absolute Gasteiger partial charge is 0.0619 e. The number of rotatable bonds is 3. The van der Waals surface area contributed by atoms with Crippen molar-refractivity contribution >= 4 is 0 Å². The molecule has 146 valence electrons. The van der Waals surface area contributed by atoms with Gasteiger partial charge in [-0.1, -0.05) is 72.8 Å².